The summed E-state index contributed by atoms with van der Waals surface area (Å²) in [4.78, 5) is 6.30. The minimum Gasteiger partial charge on any atom is -0.355 e. The fourth-order valence-corrected chi connectivity index (χ4v) is 1.96. The first-order chi connectivity index (χ1) is 6.31. The molecule has 70 valence electrons. The maximum absolute atomic E-state index is 12.2. The van der Waals surface area contributed by atoms with Crippen LogP contribution < -0.4 is 4.90 Å². The van der Waals surface area contributed by atoms with Crippen LogP contribution in [0.5, 0.6) is 0 Å². The Hall–Kier alpha value is -0.640. The molecule has 0 radical (unpaired) electrons. The zero-order chi connectivity index (χ0) is 9.26. The molecule has 1 aliphatic heterocycles. The molecule has 2 nitrogen and oxygen atoms in total. The van der Waals surface area contributed by atoms with Crippen LogP contribution in [0.4, 0.5) is 10.2 Å². The molecule has 2 rings (SSSR count). The Morgan fingerprint density at radius 2 is 2.38 bits per heavy atom. The van der Waals surface area contributed by atoms with Crippen molar-refractivity contribution in [2.75, 3.05) is 24.7 Å². The van der Waals surface area contributed by atoms with Crippen molar-refractivity contribution in [3.63, 3.8) is 0 Å². The smallest absolute Gasteiger partial charge is 0.142 e. The second-order valence-corrected chi connectivity index (χ2v) is 4.09. The van der Waals surface area contributed by atoms with E-state index in [-0.39, 0.29) is 12.6 Å². The molecule has 0 saturated carbocycles. The van der Waals surface area contributed by atoms with Crippen molar-refractivity contribution in [1.82, 2.24) is 4.98 Å². The molecule has 1 aromatic rings. The number of anilines is 1. The van der Waals surface area contributed by atoms with E-state index >= 15 is 0 Å². The highest BCUT2D eigenvalue weighted by Gasteiger charge is 2.28. The predicted octanol–water partition coefficient (Wildman–Crippen LogP) is 2.25. The van der Waals surface area contributed by atoms with Crippen LogP contribution in [0.25, 0.3) is 0 Å². The van der Waals surface area contributed by atoms with Gasteiger partial charge in [-0.3, -0.25) is 4.39 Å². The highest BCUT2D eigenvalue weighted by atomic mass is 79.9. The summed E-state index contributed by atoms with van der Waals surface area (Å²) in [6.07, 6.45) is 1.75. The molecule has 0 aromatic carbocycles. The molecule has 0 unspecified atom stereocenters. The van der Waals surface area contributed by atoms with Crippen LogP contribution in [-0.2, 0) is 0 Å². The Bertz CT molecular complexity index is 299. The molecule has 4 heteroatoms. The second-order valence-electron chi connectivity index (χ2n) is 3.23. The maximum Gasteiger partial charge on any atom is 0.142 e. The van der Waals surface area contributed by atoms with Gasteiger partial charge in [0.25, 0.3) is 0 Å². The molecule has 13 heavy (non-hydrogen) atoms. The van der Waals surface area contributed by atoms with Crippen LogP contribution in [0.1, 0.15) is 0 Å². The molecule has 0 spiro atoms. The first-order valence-corrected chi connectivity index (χ1v) is 5.02. The minimum atomic E-state index is -0.221. The van der Waals surface area contributed by atoms with Gasteiger partial charge in [-0.05, 0) is 28.1 Å². The van der Waals surface area contributed by atoms with Gasteiger partial charge >= 0.3 is 0 Å². The highest BCUT2D eigenvalue weighted by Crippen LogP contribution is 2.29. The Labute approximate surface area is 84.9 Å². The molecule has 1 aromatic heterocycles. The SMILES string of the molecule is FCC1CN(c2ncccc2Br)C1. The molecular weight excluding hydrogens is 235 g/mol. The van der Waals surface area contributed by atoms with E-state index in [1.807, 2.05) is 12.1 Å². The first kappa shape index (κ1) is 8.94. The van der Waals surface area contributed by atoms with Crippen molar-refractivity contribution in [3.8, 4) is 0 Å². The van der Waals surface area contributed by atoms with E-state index in [0.29, 0.717) is 0 Å². The summed E-state index contributed by atoms with van der Waals surface area (Å²) in [6.45, 7) is 1.35. The second kappa shape index (κ2) is 3.62. The van der Waals surface area contributed by atoms with Crippen molar-refractivity contribution in [2.45, 2.75) is 0 Å². The number of hydrogen-bond donors (Lipinski definition) is 0. The molecule has 1 fully saturated rings. The topological polar surface area (TPSA) is 16.1 Å². The zero-order valence-corrected chi connectivity index (χ0v) is 8.67. The van der Waals surface area contributed by atoms with E-state index in [4.69, 9.17) is 0 Å². The molecule has 0 N–H and O–H groups in total. The summed E-state index contributed by atoms with van der Waals surface area (Å²) in [5, 5.41) is 0. The number of pyridine rings is 1. The lowest BCUT2D eigenvalue weighted by Crippen LogP contribution is -2.48. The molecule has 0 bridgehead atoms. The van der Waals surface area contributed by atoms with Gasteiger partial charge in [0.15, 0.2) is 0 Å². The summed E-state index contributed by atoms with van der Waals surface area (Å²) < 4.78 is 13.1. The van der Waals surface area contributed by atoms with Crippen LogP contribution in [0.2, 0.25) is 0 Å². The van der Waals surface area contributed by atoms with E-state index in [9.17, 15) is 4.39 Å². The summed E-state index contributed by atoms with van der Waals surface area (Å²) in [5.74, 6) is 1.13. The zero-order valence-electron chi connectivity index (χ0n) is 7.08. The predicted molar refractivity (Wildman–Crippen MR) is 53.6 cm³/mol. The highest BCUT2D eigenvalue weighted by molar-refractivity contribution is 9.10. The van der Waals surface area contributed by atoms with Gasteiger partial charge in [0.05, 0.1) is 11.1 Å². The summed E-state index contributed by atoms with van der Waals surface area (Å²) >= 11 is 3.42. The molecule has 1 aliphatic rings. The van der Waals surface area contributed by atoms with E-state index in [1.165, 1.54) is 0 Å². The average molecular weight is 245 g/mol. The number of alkyl halides is 1. The van der Waals surface area contributed by atoms with Gasteiger partial charge in [-0.1, -0.05) is 0 Å². The van der Waals surface area contributed by atoms with Crippen molar-refractivity contribution < 1.29 is 4.39 Å². The maximum atomic E-state index is 12.2. The summed E-state index contributed by atoms with van der Waals surface area (Å²) in [5.41, 5.74) is 0. The quantitative estimate of drug-likeness (QED) is 0.794. The average Bonchev–Trinajstić information content (AvgIpc) is 2.06. The Kier molecular flexibility index (Phi) is 2.49. The number of rotatable bonds is 2. The molecule has 0 aliphatic carbocycles. The van der Waals surface area contributed by atoms with Crippen molar-refractivity contribution in [2.24, 2.45) is 5.92 Å². The number of aromatic nitrogens is 1. The van der Waals surface area contributed by atoms with Crippen molar-refractivity contribution in [1.29, 1.82) is 0 Å². The molecule has 1 saturated heterocycles. The van der Waals surface area contributed by atoms with Crippen molar-refractivity contribution in [3.05, 3.63) is 22.8 Å². The third-order valence-corrected chi connectivity index (χ3v) is 2.83. The lowest BCUT2D eigenvalue weighted by molar-refractivity contribution is 0.304. The van der Waals surface area contributed by atoms with E-state index in [2.05, 4.69) is 25.8 Å². The van der Waals surface area contributed by atoms with Crippen molar-refractivity contribution >= 4 is 21.7 Å². The number of halogens is 2. The van der Waals surface area contributed by atoms with Crippen LogP contribution in [-0.4, -0.2) is 24.7 Å². The number of nitrogens with zero attached hydrogens (tertiary/aromatic N) is 2. The van der Waals surface area contributed by atoms with Crippen LogP contribution in [0, 0.1) is 5.92 Å². The van der Waals surface area contributed by atoms with Gasteiger partial charge in [-0.2, -0.15) is 0 Å². The van der Waals surface area contributed by atoms with Crippen LogP contribution in [0.15, 0.2) is 22.8 Å². The molecule has 0 atom stereocenters. The lowest BCUT2D eigenvalue weighted by Gasteiger charge is -2.39. The Morgan fingerprint density at radius 3 is 3.00 bits per heavy atom. The molecule has 2 heterocycles. The van der Waals surface area contributed by atoms with E-state index in [1.54, 1.807) is 6.20 Å². The largest absolute Gasteiger partial charge is 0.355 e. The first-order valence-electron chi connectivity index (χ1n) is 4.22. The third kappa shape index (κ3) is 1.68. The van der Waals surface area contributed by atoms with E-state index < -0.39 is 0 Å². The monoisotopic (exact) mass is 244 g/mol. The molecular formula is C9H10BrFN2. The Balaban J connectivity index is 2.07. The van der Waals surface area contributed by atoms with Crippen LogP contribution in [0.3, 0.4) is 0 Å². The van der Waals surface area contributed by atoms with Gasteiger partial charge in [0.1, 0.15) is 5.82 Å². The van der Waals surface area contributed by atoms with E-state index in [0.717, 1.165) is 23.4 Å². The molecule has 0 amide bonds. The Morgan fingerprint density at radius 1 is 1.62 bits per heavy atom. The minimum absolute atomic E-state index is 0.203. The fourth-order valence-electron chi connectivity index (χ4n) is 1.45. The summed E-state index contributed by atoms with van der Waals surface area (Å²) in [7, 11) is 0. The normalized spacial score (nSPS) is 17.2. The summed E-state index contributed by atoms with van der Waals surface area (Å²) in [6, 6.07) is 3.82. The van der Waals surface area contributed by atoms with Gasteiger partial charge in [-0.15, -0.1) is 0 Å². The fraction of sp³-hybridized carbons (Fsp3) is 0.444. The standard InChI is InChI=1S/C9H10BrFN2/c10-8-2-1-3-12-9(8)13-5-7(4-11)6-13/h1-3,7H,4-6H2. The van der Waals surface area contributed by atoms with Gasteiger partial charge < -0.3 is 4.90 Å². The van der Waals surface area contributed by atoms with Crippen LogP contribution >= 0.6 is 15.9 Å². The van der Waals surface area contributed by atoms with Gasteiger partial charge in [0, 0.05) is 25.2 Å². The third-order valence-electron chi connectivity index (χ3n) is 2.21. The van der Waals surface area contributed by atoms with Gasteiger partial charge in [0.2, 0.25) is 0 Å². The lowest BCUT2D eigenvalue weighted by atomic mass is 10.0. The number of hydrogen-bond acceptors (Lipinski definition) is 2. The van der Waals surface area contributed by atoms with Gasteiger partial charge in [-0.25, -0.2) is 4.98 Å².